The van der Waals surface area contributed by atoms with Crippen LogP contribution in [0.4, 0.5) is 0 Å². The summed E-state index contributed by atoms with van der Waals surface area (Å²) in [6.07, 6.45) is 6.43. The minimum absolute atomic E-state index is 0.0423. The monoisotopic (exact) mass is 256 g/mol. The van der Waals surface area contributed by atoms with Crippen LogP contribution in [0.1, 0.15) is 59.3 Å². The summed E-state index contributed by atoms with van der Waals surface area (Å²) in [5.41, 5.74) is -0.162. The number of carbonyl (C=O) groups is 1. The predicted octanol–water partition coefficient (Wildman–Crippen LogP) is 2.75. The second-order valence-electron chi connectivity index (χ2n) is 5.16. The lowest BCUT2D eigenvalue weighted by Crippen LogP contribution is -2.64. The Morgan fingerprint density at radius 2 is 1.94 bits per heavy atom. The molecule has 2 unspecified atom stereocenters. The zero-order chi connectivity index (χ0) is 12.9. The zero-order valence-corrected chi connectivity index (χ0v) is 12.0. The number of amides is 1. The van der Waals surface area contributed by atoms with E-state index in [1.54, 1.807) is 0 Å². The van der Waals surface area contributed by atoms with E-state index in [0.717, 1.165) is 38.5 Å². The standard InChI is InChI=1S/C13H24N2OS/c1-4-6-8-10-11(16)14-12(17)15-13(10,3)9-7-5-2/h10H,4-9H2,1-3H3,(H2,14,15,16,17). The minimum atomic E-state index is -0.162. The Morgan fingerprint density at radius 3 is 2.53 bits per heavy atom. The lowest BCUT2D eigenvalue weighted by Gasteiger charge is -2.42. The van der Waals surface area contributed by atoms with Crippen molar-refractivity contribution in [2.45, 2.75) is 64.8 Å². The van der Waals surface area contributed by atoms with Crippen LogP contribution in [0.25, 0.3) is 0 Å². The van der Waals surface area contributed by atoms with Crippen LogP contribution in [0.15, 0.2) is 0 Å². The van der Waals surface area contributed by atoms with Gasteiger partial charge in [-0.1, -0.05) is 39.5 Å². The van der Waals surface area contributed by atoms with E-state index in [-0.39, 0.29) is 17.4 Å². The van der Waals surface area contributed by atoms with Crippen LogP contribution in [0.3, 0.4) is 0 Å². The van der Waals surface area contributed by atoms with Crippen molar-refractivity contribution in [2.24, 2.45) is 5.92 Å². The summed E-state index contributed by atoms with van der Waals surface area (Å²) in [6, 6.07) is 0. The molecular weight excluding hydrogens is 232 g/mol. The summed E-state index contributed by atoms with van der Waals surface area (Å²) in [5, 5.41) is 6.56. The molecule has 2 N–H and O–H groups in total. The van der Waals surface area contributed by atoms with E-state index in [0.29, 0.717) is 5.11 Å². The first-order chi connectivity index (χ1) is 8.03. The molecule has 0 bridgehead atoms. The summed E-state index contributed by atoms with van der Waals surface area (Å²) in [7, 11) is 0. The molecule has 1 fully saturated rings. The highest BCUT2D eigenvalue weighted by Gasteiger charge is 2.42. The second kappa shape index (κ2) is 6.34. The SMILES string of the molecule is CCCCC1C(=O)NC(=S)NC1(C)CCCC. The highest BCUT2D eigenvalue weighted by molar-refractivity contribution is 7.80. The van der Waals surface area contributed by atoms with E-state index >= 15 is 0 Å². The number of thiocarbonyl (C=S) groups is 1. The molecule has 0 aliphatic carbocycles. The molecule has 17 heavy (non-hydrogen) atoms. The maximum Gasteiger partial charge on any atom is 0.231 e. The van der Waals surface area contributed by atoms with Crippen molar-refractivity contribution >= 4 is 23.2 Å². The molecule has 0 aromatic heterocycles. The predicted molar refractivity (Wildman–Crippen MR) is 74.8 cm³/mol. The van der Waals surface area contributed by atoms with Gasteiger partial charge in [0, 0.05) is 5.54 Å². The van der Waals surface area contributed by atoms with Gasteiger partial charge in [0.05, 0.1) is 5.92 Å². The third kappa shape index (κ3) is 3.66. The quantitative estimate of drug-likeness (QED) is 0.718. The van der Waals surface area contributed by atoms with E-state index in [9.17, 15) is 4.79 Å². The van der Waals surface area contributed by atoms with Gasteiger partial charge >= 0.3 is 0 Å². The fourth-order valence-corrected chi connectivity index (χ4v) is 2.84. The van der Waals surface area contributed by atoms with Gasteiger partial charge in [-0.05, 0) is 32.0 Å². The molecule has 0 aromatic carbocycles. The fraction of sp³-hybridized carbons (Fsp3) is 0.846. The Balaban J connectivity index is 2.77. The number of nitrogens with one attached hydrogen (secondary N) is 2. The first kappa shape index (κ1) is 14.4. The summed E-state index contributed by atoms with van der Waals surface area (Å²) < 4.78 is 0. The van der Waals surface area contributed by atoms with Crippen LogP contribution in [-0.4, -0.2) is 16.6 Å². The van der Waals surface area contributed by atoms with Crippen LogP contribution in [-0.2, 0) is 4.79 Å². The molecule has 0 aromatic rings. The molecule has 1 aliphatic heterocycles. The lowest BCUT2D eigenvalue weighted by molar-refractivity contribution is -0.127. The van der Waals surface area contributed by atoms with Gasteiger partial charge in [0.25, 0.3) is 0 Å². The van der Waals surface area contributed by atoms with Crippen molar-refractivity contribution in [3.05, 3.63) is 0 Å². The van der Waals surface area contributed by atoms with Crippen LogP contribution < -0.4 is 10.6 Å². The van der Waals surface area contributed by atoms with E-state index < -0.39 is 0 Å². The Kier molecular flexibility index (Phi) is 5.37. The Bertz CT molecular complexity index is 293. The Morgan fingerprint density at radius 1 is 1.29 bits per heavy atom. The largest absolute Gasteiger partial charge is 0.356 e. The van der Waals surface area contributed by atoms with Gasteiger partial charge in [-0.3, -0.25) is 4.79 Å². The van der Waals surface area contributed by atoms with Crippen LogP contribution in [0.2, 0.25) is 0 Å². The average Bonchev–Trinajstić information content (AvgIpc) is 2.25. The molecule has 98 valence electrons. The third-order valence-corrected chi connectivity index (χ3v) is 3.82. The van der Waals surface area contributed by atoms with Gasteiger partial charge in [0.2, 0.25) is 5.91 Å². The first-order valence-corrected chi connectivity index (χ1v) is 7.07. The molecule has 2 atom stereocenters. The molecule has 0 spiro atoms. The van der Waals surface area contributed by atoms with Crippen LogP contribution in [0, 0.1) is 5.92 Å². The highest BCUT2D eigenvalue weighted by atomic mass is 32.1. The van der Waals surface area contributed by atoms with Gasteiger partial charge in [-0.2, -0.15) is 0 Å². The summed E-state index contributed by atoms with van der Waals surface area (Å²) in [4.78, 5) is 12.1. The van der Waals surface area contributed by atoms with Crippen molar-refractivity contribution in [1.82, 2.24) is 10.6 Å². The molecule has 0 saturated carbocycles. The van der Waals surface area contributed by atoms with Gasteiger partial charge in [-0.15, -0.1) is 0 Å². The number of hydrogen-bond donors (Lipinski definition) is 2. The zero-order valence-electron chi connectivity index (χ0n) is 11.1. The Labute approximate surface area is 110 Å². The van der Waals surface area contributed by atoms with Crippen molar-refractivity contribution in [1.29, 1.82) is 0 Å². The topological polar surface area (TPSA) is 41.1 Å². The molecule has 0 radical (unpaired) electrons. The molecule has 1 heterocycles. The van der Waals surface area contributed by atoms with E-state index in [2.05, 4.69) is 31.4 Å². The van der Waals surface area contributed by atoms with Crippen molar-refractivity contribution in [3.8, 4) is 0 Å². The van der Waals surface area contributed by atoms with E-state index in [1.807, 2.05) is 0 Å². The molecule has 1 rings (SSSR count). The summed E-state index contributed by atoms with van der Waals surface area (Å²) in [6.45, 7) is 6.46. The van der Waals surface area contributed by atoms with Gasteiger partial charge in [0.1, 0.15) is 0 Å². The normalized spacial score (nSPS) is 28.8. The van der Waals surface area contributed by atoms with E-state index in [1.165, 1.54) is 0 Å². The third-order valence-electron chi connectivity index (χ3n) is 3.62. The van der Waals surface area contributed by atoms with Crippen LogP contribution in [0.5, 0.6) is 0 Å². The lowest BCUT2D eigenvalue weighted by atomic mass is 9.77. The molecule has 1 amide bonds. The minimum Gasteiger partial charge on any atom is -0.356 e. The van der Waals surface area contributed by atoms with Crippen molar-refractivity contribution in [3.63, 3.8) is 0 Å². The average molecular weight is 256 g/mol. The fourth-order valence-electron chi connectivity index (χ4n) is 2.50. The number of carbonyl (C=O) groups excluding carboxylic acids is 1. The Hall–Kier alpha value is -0.640. The van der Waals surface area contributed by atoms with E-state index in [4.69, 9.17) is 12.2 Å². The number of unbranched alkanes of at least 4 members (excludes halogenated alkanes) is 2. The van der Waals surface area contributed by atoms with Crippen molar-refractivity contribution in [2.75, 3.05) is 0 Å². The maximum atomic E-state index is 12.1. The maximum absolute atomic E-state index is 12.1. The molecular formula is C13H24N2OS. The summed E-state index contributed by atoms with van der Waals surface area (Å²) >= 11 is 5.10. The smallest absolute Gasteiger partial charge is 0.231 e. The molecule has 1 aliphatic rings. The van der Waals surface area contributed by atoms with Gasteiger partial charge < -0.3 is 10.6 Å². The van der Waals surface area contributed by atoms with Crippen molar-refractivity contribution < 1.29 is 4.79 Å². The van der Waals surface area contributed by atoms with Gasteiger partial charge in [-0.25, -0.2) is 0 Å². The molecule has 4 heteroatoms. The number of hydrogen-bond acceptors (Lipinski definition) is 2. The highest BCUT2D eigenvalue weighted by Crippen LogP contribution is 2.30. The molecule has 1 saturated heterocycles. The number of rotatable bonds is 6. The second-order valence-corrected chi connectivity index (χ2v) is 5.57. The van der Waals surface area contributed by atoms with Crippen LogP contribution >= 0.6 is 12.2 Å². The first-order valence-electron chi connectivity index (χ1n) is 6.66. The summed E-state index contributed by atoms with van der Waals surface area (Å²) in [5.74, 6) is 0.140. The molecule has 3 nitrogen and oxygen atoms in total. The van der Waals surface area contributed by atoms with Gasteiger partial charge in [0.15, 0.2) is 5.11 Å².